The highest BCUT2D eigenvalue weighted by Gasteiger charge is 2.13. The maximum atomic E-state index is 6.35. The van der Waals surface area contributed by atoms with Crippen LogP contribution in [-0.4, -0.2) is 27.0 Å². The van der Waals surface area contributed by atoms with Gasteiger partial charge in [-0.15, -0.1) is 11.3 Å². The van der Waals surface area contributed by atoms with Crippen LogP contribution >= 0.6 is 22.9 Å². The van der Waals surface area contributed by atoms with E-state index in [1.165, 1.54) is 0 Å². The van der Waals surface area contributed by atoms with E-state index in [1.807, 2.05) is 24.8 Å². The molecule has 0 saturated heterocycles. The number of halogens is 1. The average molecular weight is 370 g/mol. The summed E-state index contributed by atoms with van der Waals surface area (Å²) in [5.41, 5.74) is 2.96. The van der Waals surface area contributed by atoms with Gasteiger partial charge in [-0.2, -0.15) is 0 Å². The van der Waals surface area contributed by atoms with E-state index in [0.717, 1.165) is 32.0 Å². The van der Waals surface area contributed by atoms with Crippen LogP contribution in [0.15, 0.2) is 43.0 Å². The molecule has 0 unspecified atom stereocenters. The van der Waals surface area contributed by atoms with E-state index in [-0.39, 0.29) is 0 Å². The summed E-state index contributed by atoms with van der Waals surface area (Å²) in [6, 6.07) is 5.90. The lowest BCUT2D eigenvalue weighted by atomic mass is 10.1. The first-order valence-corrected chi connectivity index (χ1v) is 8.82. The van der Waals surface area contributed by atoms with Gasteiger partial charge in [0, 0.05) is 35.3 Å². The highest BCUT2D eigenvalue weighted by atomic mass is 35.5. The Morgan fingerprint density at radius 1 is 1.36 bits per heavy atom. The maximum absolute atomic E-state index is 6.35. The number of aromatic amines is 1. The lowest BCUT2D eigenvalue weighted by Crippen LogP contribution is -1.89. The summed E-state index contributed by atoms with van der Waals surface area (Å²) >= 11 is 7.92. The Balaban J connectivity index is 1.57. The van der Waals surface area contributed by atoms with Gasteiger partial charge in [0.05, 0.1) is 19.7 Å². The molecule has 4 aromatic rings. The van der Waals surface area contributed by atoms with Crippen molar-refractivity contribution in [1.29, 1.82) is 0 Å². The van der Waals surface area contributed by atoms with Crippen molar-refractivity contribution < 1.29 is 4.74 Å². The molecule has 0 saturated carbocycles. The molecular formula is C18H14ClN4OS. The normalized spacial score (nSPS) is 11.1. The van der Waals surface area contributed by atoms with Crippen molar-refractivity contribution >= 4 is 34.0 Å². The quantitative estimate of drug-likeness (QED) is 0.570. The Bertz CT molecular complexity index is 1030. The number of pyridine rings is 2. The van der Waals surface area contributed by atoms with E-state index >= 15 is 0 Å². The number of methoxy groups -OCH3 is 1. The minimum absolute atomic E-state index is 0.533. The van der Waals surface area contributed by atoms with Crippen LogP contribution in [0.4, 0.5) is 0 Å². The monoisotopic (exact) mass is 369 g/mol. The number of H-pyrrole nitrogens is 1. The SMILES string of the molecule is COc1cncc([CH]c2nc(Cl)c(Cc3c[nH]c4ncccc34)s2)c1. The second kappa shape index (κ2) is 6.82. The van der Waals surface area contributed by atoms with Crippen molar-refractivity contribution in [2.24, 2.45) is 0 Å². The topological polar surface area (TPSA) is 63.7 Å². The molecule has 0 aliphatic heterocycles. The van der Waals surface area contributed by atoms with E-state index in [4.69, 9.17) is 16.3 Å². The van der Waals surface area contributed by atoms with Crippen LogP contribution in [0.25, 0.3) is 11.0 Å². The van der Waals surface area contributed by atoms with Crippen LogP contribution in [0.1, 0.15) is 21.0 Å². The van der Waals surface area contributed by atoms with Gasteiger partial charge < -0.3 is 9.72 Å². The first-order chi connectivity index (χ1) is 12.2. The number of thiazole rings is 1. The van der Waals surface area contributed by atoms with Gasteiger partial charge in [0.15, 0.2) is 0 Å². The standard InChI is InChI=1S/C18H14ClN4OS/c1-24-13-5-11(8-20-10-13)6-16-23-17(19)15(25-16)7-12-9-22-18-14(12)3-2-4-21-18/h2-6,8-10H,7H2,1H3,(H,21,22). The molecule has 5 nitrogen and oxygen atoms in total. The summed E-state index contributed by atoms with van der Waals surface area (Å²) in [7, 11) is 1.62. The smallest absolute Gasteiger partial charge is 0.143 e. The molecule has 25 heavy (non-hydrogen) atoms. The minimum Gasteiger partial charge on any atom is -0.495 e. The van der Waals surface area contributed by atoms with Crippen molar-refractivity contribution in [3.63, 3.8) is 0 Å². The van der Waals surface area contributed by atoms with Gasteiger partial charge in [0.25, 0.3) is 0 Å². The molecule has 7 heteroatoms. The molecule has 0 amide bonds. The van der Waals surface area contributed by atoms with E-state index in [1.54, 1.807) is 37.0 Å². The van der Waals surface area contributed by atoms with Crippen LogP contribution in [0.5, 0.6) is 5.75 Å². The Hall–Kier alpha value is -2.44. The van der Waals surface area contributed by atoms with E-state index < -0.39 is 0 Å². The summed E-state index contributed by atoms with van der Waals surface area (Å²) in [4.78, 5) is 17.1. The molecule has 4 rings (SSSR count). The van der Waals surface area contributed by atoms with Crippen molar-refractivity contribution in [2.75, 3.05) is 7.11 Å². The molecule has 0 spiro atoms. The highest BCUT2D eigenvalue weighted by Crippen LogP contribution is 2.30. The van der Waals surface area contributed by atoms with Crippen molar-refractivity contribution in [1.82, 2.24) is 19.9 Å². The molecule has 0 bridgehead atoms. The second-order valence-electron chi connectivity index (χ2n) is 5.46. The molecule has 0 atom stereocenters. The van der Waals surface area contributed by atoms with Gasteiger partial charge in [0.1, 0.15) is 21.6 Å². The number of nitrogens with zero attached hydrogens (tertiary/aromatic N) is 3. The van der Waals surface area contributed by atoms with Crippen LogP contribution in [0.2, 0.25) is 5.15 Å². The van der Waals surface area contributed by atoms with Crippen molar-refractivity contribution in [2.45, 2.75) is 6.42 Å². The molecule has 0 aliphatic carbocycles. The number of fused-ring (bicyclic) bond motifs is 1. The Morgan fingerprint density at radius 2 is 2.28 bits per heavy atom. The number of rotatable bonds is 5. The van der Waals surface area contributed by atoms with Crippen molar-refractivity contribution in [3.05, 3.63) is 75.6 Å². The van der Waals surface area contributed by atoms with Gasteiger partial charge in [-0.3, -0.25) is 4.98 Å². The van der Waals surface area contributed by atoms with Gasteiger partial charge >= 0.3 is 0 Å². The molecule has 0 fully saturated rings. The average Bonchev–Trinajstić information content (AvgIpc) is 3.19. The minimum atomic E-state index is 0.533. The fraction of sp³-hybridized carbons (Fsp3) is 0.111. The van der Waals surface area contributed by atoms with Gasteiger partial charge in [-0.1, -0.05) is 11.6 Å². The lowest BCUT2D eigenvalue weighted by Gasteiger charge is -2.01. The third-order valence-electron chi connectivity index (χ3n) is 3.81. The first-order valence-electron chi connectivity index (χ1n) is 7.63. The molecule has 1 N–H and O–H groups in total. The first kappa shape index (κ1) is 16.1. The fourth-order valence-corrected chi connectivity index (χ4v) is 3.89. The predicted octanol–water partition coefficient (Wildman–Crippen LogP) is 4.27. The summed E-state index contributed by atoms with van der Waals surface area (Å²) in [5.74, 6) is 0.711. The van der Waals surface area contributed by atoms with Gasteiger partial charge in [-0.25, -0.2) is 9.97 Å². The van der Waals surface area contributed by atoms with Gasteiger partial charge in [-0.05, 0) is 29.3 Å². The lowest BCUT2D eigenvalue weighted by molar-refractivity contribution is 0.412. The number of hydrogen-bond donors (Lipinski definition) is 1. The predicted molar refractivity (Wildman–Crippen MR) is 99.3 cm³/mol. The Morgan fingerprint density at radius 3 is 3.16 bits per heavy atom. The van der Waals surface area contributed by atoms with Crippen LogP contribution in [0, 0.1) is 6.42 Å². The molecule has 0 aliphatic rings. The van der Waals surface area contributed by atoms with E-state index in [9.17, 15) is 0 Å². The van der Waals surface area contributed by atoms with Crippen LogP contribution in [-0.2, 0) is 6.42 Å². The number of hydrogen-bond acceptors (Lipinski definition) is 5. The van der Waals surface area contributed by atoms with Crippen LogP contribution in [0.3, 0.4) is 0 Å². The number of nitrogens with one attached hydrogen (secondary N) is 1. The maximum Gasteiger partial charge on any atom is 0.143 e. The largest absolute Gasteiger partial charge is 0.495 e. The van der Waals surface area contributed by atoms with Gasteiger partial charge in [0.2, 0.25) is 0 Å². The number of ether oxygens (including phenoxy) is 1. The van der Waals surface area contributed by atoms with E-state index in [2.05, 4.69) is 26.0 Å². The molecule has 4 aromatic heterocycles. The molecule has 0 aromatic carbocycles. The molecule has 1 radical (unpaired) electrons. The molecule has 4 heterocycles. The Labute approximate surface area is 153 Å². The van der Waals surface area contributed by atoms with Crippen LogP contribution < -0.4 is 4.74 Å². The zero-order valence-corrected chi connectivity index (χ0v) is 14.9. The second-order valence-corrected chi connectivity index (χ2v) is 6.93. The molecule has 125 valence electrons. The fourth-order valence-electron chi connectivity index (χ4n) is 2.62. The third-order valence-corrected chi connectivity index (χ3v) is 5.24. The summed E-state index contributed by atoms with van der Waals surface area (Å²) in [5, 5.41) is 2.48. The zero-order chi connectivity index (χ0) is 17.2. The van der Waals surface area contributed by atoms with E-state index in [0.29, 0.717) is 17.3 Å². The number of aromatic nitrogens is 4. The Kier molecular flexibility index (Phi) is 4.38. The summed E-state index contributed by atoms with van der Waals surface area (Å²) in [6.07, 6.45) is 9.85. The third kappa shape index (κ3) is 3.36. The van der Waals surface area contributed by atoms with Crippen molar-refractivity contribution in [3.8, 4) is 5.75 Å². The highest BCUT2D eigenvalue weighted by molar-refractivity contribution is 7.12. The summed E-state index contributed by atoms with van der Waals surface area (Å²) in [6.45, 7) is 0. The molecular weight excluding hydrogens is 356 g/mol. The summed E-state index contributed by atoms with van der Waals surface area (Å²) < 4.78 is 5.20. The zero-order valence-electron chi connectivity index (χ0n) is 13.4.